The summed E-state index contributed by atoms with van der Waals surface area (Å²) < 4.78 is 0. The van der Waals surface area contributed by atoms with Gasteiger partial charge in [-0.15, -0.1) is 0 Å². The van der Waals surface area contributed by atoms with Gasteiger partial charge in [-0.3, -0.25) is 0 Å². The monoisotopic (exact) mass is 230 g/mol. The summed E-state index contributed by atoms with van der Waals surface area (Å²) in [6.45, 7) is 4.14. The minimum Gasteiger partial charge on any atom is -0.329 e. The highest BCUT2D eigenvalue weighted by Gasteiger charge is 2.36. The molecule has 3 nitrogen and oxygen atoms in total. The second kappa shape index (κ2) is 4.03. The van der Waals surface area contributed by atoms with Gasteiger partial charge in [0.15, 0.2) is 0 Å². The molecule has 0 spiro atoms. The van der Waals surface area contributed by atoms with Crippen molar-refractivity contribution < 1.29 is 14.7 Å². The van der Waals surface area contributed by atoms with Gasteiger partial charge >= 0.3 is 0 Å². The lowest BCUT2D eigenvalue weighted by atomic mass is 10.9. The summed E-state index contributed by atoms with van der Waals surface area (Å²) in [5, 5.41) is 0. The van der Waals surface area contributed by atoms with E-state index in [1.54, 1.807) is 0 Å². The van der Waals surface area contributed by atoms with Gasteiger partial charge in [-0.05, 0) is 23.0 Å². The highest BCUT2D eigenvalue weighted by atomic mass is 32.6. The van der Waals surface area contributed by atoms with Gasteiger partial charge in [0.2, 0.25) is 0 Å². The van der Waals surface area contributed by atoms with E-state index in [-0.39, 0.29) is 0 Å². The van der Waals surface area contributed by atoms with Gasteiger partial charge in [-0.1, -0.05) is 27.7 Å². The number of rotatable bonds is 4. The average Bonchev–Trinajstić information content (AvgIpc) is 2.08. The first-order valence-electron chi connectivity index (χ1n) is 4.77. The standard InChI is InChI=1S/C8H23O3PS/c1-5-13(6-2,7-3,8-4)12(9,10)11/h9-11H,5-8H2,1-4H3. The van der Waals surface area contributed by atoms with E-state index in [2.05, 4.69) is 0 Å². The van der Waals surface area contributed by atoms with Crippen LogP contribution in [0.5, 0.6) is 0 Å². The largest absolute Gasteiger partial charge is 0.329 e. The second-order valence-electron chi connectivity index (χ2n) is 3.41. The Kier molecular flexibility index (Phi) is 4.24. The lowest BCUT2D eigenvalue weighted by molar-refractivity contribution is 0.361. The van der Waals surface area contributed by atoms with E-state index in [9.17, 15) is 14.7 Å². The highest BCUT2D eigenvalue weighted by Crippen LogP contribution is 2.54. The number of hydrogen-bond acceptors (Lipinski definition) is 0. The van der Waals surface area contributed by atoms with Crippen molar-refractivity contribution in [3.63, 3.8) is 0 Å². The molecule has 84 valence electrons. The minimum absolute atomic E-state index is 0.706. The Morgan fingerprint density at radius 1 is 0.769 bits per heavy atom. The molecule has 0 atom stereocenters. The van der Waals surface area contributed by atoms with Crippen molar-refractivity contribution in [1.82, 2.24) is 0 Å². The van der Waals surface area contributed by atoms with E-state index >= 15 is 0 Å². The predicted molar refractivity (Wildman–Crippen MR) is 63.1 cm³/mol. The van der Waals surface area contributed by atoms with Crippen LogP contribution < -0.4 is 0 Å². The fourth-order valence-corrected chi connectivity index (χ4v) is 9.91. The molecular formula is C8H23O3PS. The molecule has 0 rings (SSSR count). The Labute approximate surface area is 80.9 Å². The van der Waals surface area contributed by atoms with E-state index in [0.717, 1.165) is 0 Å². The van der Waals surface area contributed by atoms with Gasteiger partial charge in [-0.25, -0.2) is 0 Å². The van der Waals surface area contributed by atoms with Crippen molar-refractivity contribution in [2.45, 2.75) is 27.7 Å². The van der Waals surface area contributed by atoms with Gasteiger partial charge in [0, 0.05) is 0 Å². The third kappa shape index (κ3) is 1.75. The molecule has 0 fully saturated rings. The molecular weight excluding hydrogens is 207 g/mol. The van der Waals surface area contributed by atoms with E-state index in [4.69, 9.17) is 0 Å². The molecule has 5 heteroatoms. The van der Waals surface area contributed by atoms with Crippen LogP contribution in [0.25, 0.3) is 0 Å². The van der Waals surface area contributed by atoms with Crippen LogP contribution in [0, 0.1) is 0 Å². The van der Waals surface area contributed by atoms with Crippen LogP contribution in [0.2, 0.25) is 0 Å². The van der Waals surface area contributed by atoms with Crippen LogP contribution in [0.15, 0.2) is 0 Å². The maximum Gasteiger partial charge on any atom is 0.262 e. The summed E-state index contributed by atoms with van der Waals surface area (Å²) in [6, 6.07) is 0. The molecule has 13 heavy (non-hydrogen) atoms. The molecule has 0 bridgehead atoms. The fraction of sp³-hybridized carbons (Fsp3) is 1.00. The van der Waals surface area contributed by atoms with Crippen LogP contribution in [-0.2, 0) is 8.34 Å². The summed E-state index contributed by atoms with van der Waals surface area (Å²) in [6.07, 6.45) is 0. The summed E-state index contributed by atoms with van der Waals surface area (Å²) in [5.41, 5.74) is 0. The summed E-state index contributed by atoms with van der Waals surface area (Å²) in [7, 11) is -2.37. The third-order valence-corrected chi connectivity index (χ3v) is 18.2. The van der Waals surface area contributed by atoms with Crippen molar-refractivity contribution in [3.8, 4) is 0 Å². The summed E-state index contributed by atoms with van der Waals surface area (Å²) in [5.74, 6) is 2.83. The molecule has 0 unspecified atom stereocenters. The van der Waals surface area contributed by atoms with Crippen molar-refractivity contribution in [2.24, 2.45) is 0 Å². The molecule has 0 aromatic rings. The third-order valence-electron chi connectivity index (χ3n) is 3.66. The van der Waals surface area contributed by atoms with E-state index in [1.165, 1.54) is 0 Å². The zero-order chi connectivity index (χ0) is 10.8. The Hall–Kier alpha value is 0.660. The van der Waals surface area contributed by atoms with Crippen LogP contribution in [0.1, 0.15) is 27.7 Å². The van der Waals surface area contributed by atoms with Crippen molar-refractivity contribution in [1.29, 1.82) is 0 Å². The lowest BCUT2D eigenvalue weighted by Crippen LogP contribution is -2.43. The molecule has 3 N–H and O–H groups in total. The van der Waals surface area contributed by atoms with Crippen LogP contribution in [0.3, 0.4) is 0 Å². The van der Waals surface area contributed by atoms with Gasteiger partial charge in [0.1, 0.15) is 0 Å². The molecule has 0 heterocycles. The molecule has 0 aromatic carbocycles. The smallest absolute Gasteiger partial charge is 0.262 e. The van der Waals surface area contributed by atoms with Gasteiger partial charge in [-0.2, -0.15) is 8.34 Å². The Morgan fingerprint density at radius 2 is 1.00 bits per heavy atom. The van der Waals surface area contributed by atoms with Gasteiger partial charge < -0.3 is 14.7 Å². The molecule has 0 amide bonds. The van der Waals surface area contributed by atoms with Crippen LogP contribution in [0.4, 0.5) is 0 Å². The summed E-state index contributed by atoms with van der Waals surface area (Å²) in [4.78, 5) is 28.9. The first-order chi connectivity index (χ1) is 5.82. The Morgan fingerprint density at radius 3 is 1.00 bits per heavy atom. The maximum atomic E-state index is 9.65. The Bertz CT molecular complexity index is 221. The van der Waals surface area contributed by atoms with Gasteiger partial charge in [0.05, 0.1) is 0 Å². The predicted octanol–water partition coefficient (Wildman–Crippen LogP) is 1.41. The zero-order valence-corrected chi connectivity index (χ0v) is 10.7. The molecule has 0 aliphatic carbocycles. The molecule has 0 aromatic heterocycles. The summed E-state index contributed by atoms with van der Waals surface area (Å²) >= 11 is 0. The molecule has 0 aliphatic rings. The number of hydrogen-bond donors (Lipinski definition) is 3. The topological polar surface area (TPSA) is 60.7 Å². The van der Waals surface area contributed by atoms with Crippen LogP contribution >= 0.6 is 6.72 Å². The quantitative estimate of drug-likeness (QED) is 0.640. The SMILES string of the molecule is CCS(CC)(CC)(CC)=P(O)(O)O. The maximum absolute atomic E-state index is 9.65. The fourth-order valence-electron chi connectivity index (χ4n) is 1.92. The molecule has 0 saturated carbocycles. The first kappa shape index (κ1) is 13.7. The molecule has 0 aliphatic heterocycles. The van der Waals surface area contributed by atoms with E-state index in [0.29, 0.717) is 23.0 Å². The van der Waals surface area contributed by atoms with E-state index < -0.39 is 15.1 Å². The Balaban J connectivity index is 5.97. The molecule has 0 radical (unpaired) electrons. The van der Waals surface area contributed by atoms with E-state index in [1.807, 2.05) is 27.7 Å². The first-order valence-corrected chi connectivity index (χ1v) is 9.74. The molecule has 0 saturated heterocycles. The lowest BCUT2D eigenvalue weighted by Gasteiger charge is -2.49. The van der Waals surface area contributed by atoms with Crippen molar-refractivity contribution in [3.05, 3.63) is 0 Å². The highest BCUT2D eigenvalue weighted by molar-refractivity contribution is 8.50. The second-order valence-corrected chi connectivity index (χ2v) is 14.8. The minimum atomic E-state index is -3.68. The zero-order valence-electron chi connectivity index (χ0n) is 9.03. The van der Waals surface area contributed by atoms with Crippen molar-refractivity contribution >= 4 is 15.1 Å². The van der Waals surface area contributed by atoms with Crippen LogP contribution in [-0.4, -0.2) is 37.7 Å². The van der Waals surface area contributed by atoms with Gasteiger partial charge in [0.25, 0.3) is 6.72 Å². The normalized spacial score (nSPS) is 16.7. The average molecular weight is 230 g/mol. The van der Waals surface area contributed by atoms with Crippen molar-refractivity contribution in [2.75, 3.05) is 23.0 Å².